The molecule has 0 saturated carbocycles. The molecule has 0 aliphatic heterocycles. The average Bonchev–Trinajstić information content (AvgIpc) is 2.60. The predicted molar refractivity (Wildman–Crippen MR) is 72.6 cm³/mol. The Labute approximate surface area is 106 Å². The lowest BCUT2D eigenvalue weighted by Gasteiger charge is -2.05. The molecule has 0 aliphatic carbocycles. The minimum absolute atomic E-state index is 0.816. The zero-order chi connectivity index (χ0) is 12.4. The Morgan fingerprint density at radius 1 is 1.18 bits per heavy atom. The molecule has 2 aromatic heterocycles. The van der Waals surface area contributed by atoms with Gasteiger partial charge in [0, 0.05) is 9.75 Å². The largest absolute Gasteiger partial charge is 0.364 e. The number of hydrogen-bond acceptors (Lipinski definition) is 4. The van der Waals surface area contributed by atoms with Crippen molar-refractivity contribution in [3.8, 4) is 0 Å². The Morgan fingerprint density at radius 2 is 1.94 bits per heavy atom. The van der Waals surface area contributed by atoms with Gasteiger partial charge < -0.3 is 5.32 Å². The molecule has 0 spiro atoms. The molecular formula is C13H17N3S. The predicted octanol–water partition coefficient (Wildman–Crippen LogP) is 3.38. The highest BCUT2D eigenvalue weighted by molar-refractivity contribution is 7.12. The molecule has 2 heterocycles. The number of aryl methyl sites for hydroxylation is 4. The number of nitrogens with zero attached hydrogens (tertiary/aromatic N) is 2. The standard InChI is InChI=1S/C13H17N3S/c1-8-5-12(17-11(8)4)6-15-13-7-14-9(2)10(3)16-13/h5,7H,6H2,1-4H3,(H,15,16). The van der Waals surface area contributed by atoms with E-state index in [4.69, 9.17) is 0 Å². The summed E-state index contributed by atoms with van der Waals surface area (Å²) >= 11 is 1.83. The van der Waals surface area contributed by atoms with Crippen LogP contribution in [0.1, 0.15) is 26.7 Å². The van der Waals surface area contributed by atoms with Crippen LogP contribution in [0.25, 0.3) is 0 Å². The van der Waals surface area contributed by atoms with Gasteiger partial charge in [0.15, 0.2) is 0 Å². The SMILES string of the molecule is Cc1cc(CNc2cnc(C)c(C)n2)sc1C. The number of nitrogens with one attached hydrogen (secondary N) is 1. The van der Waals surface area contributed by atoms with Crippen LogP contribution in [0.3, 0.4) is 0 Å². The smallest absolute Gasteiger partial charge is 0.145 e. The van der Waals surface area contributed by atoms with Crippen molar-refractivity contribution in [1.82, 2.24) is 9.97 Å². The zero-order valence-electron chi connectivity index (χ0n) is 10.7. The molecule has 0 amide bonds. The van der Waals surface area contributed by atoms with Crippen LogP contribution in [0.15, 0.2) is 12.3 Å². The highest BCUT2D eigenvalue weighted by Crippen LogP contribution is 2.21. The van der Waals surface area contributed by atoms with Gasteiger partial charge in [-0.1, -0.05) is 0 Å². The Kier molecular flexibility index (Phi) is 3.43. The van der Waals surface area contributed by atoms with Gasteiger partial charge in [0.1, 0.15) is 5.82 Å². The molecule has 0 radical (unpaired) electrons. The number of aromatic nitrogens is 2. The lowest BCUT2D eigenvalue weighted by Crippen LogP contribution is -2.02. The highest BCUT2D eigenvalue weighted by atomic mass is 32.1. The van der Waals surface area contributed by atoms with Crippen molar-refractivity contribution in [2.24, 2.45) is 0 Å². The third-order valence-corrected chi connectivity index (χ3v) is 4.01. The van der Waals surface area contributed by atoms with Crippen molar-refractivity contribution in [2.75, 3.05) is 5.32 Å². The van der Waals surface area contributed by atoms with Crippen LogP contribution in [0, 0.1) is 27.7 Å². The summed E-state index contributed by atoms with van der Waals surface area (Å²) in [5, 5.41) is 3.31. The molecule has 0 aliphatic rings. The van der Waals surface area contributed by atoms with E-state index in [1.54, 1.807) is 6.20 Å². The normalized spacial score (nSPS) is 10.6. The van der Waals surface area contributed by atoms with Crippen molar-refractivity contribution < 1.29 is 0 Å². The van der Waals surface area contributed by atoms with Crippen molar-refractivity contribution >= 4 is 17.2 Å². The summed E-state index contributed by atoms with van der Waals surface area (Å²) in [7, 11) is 0. The van der Waals surface area contributed by atoms with Crippen LogP contribution in [0.4, 0.5) is 5.82 Å². The Balaban J connectivity index is 2.04. The molecule has 3 nitrogen and oxygen atoms in total. The first-order valence-corrected chi connectivity index (χ1v) is 6.48. The molecule has 17 heavy (non-hydrogen) atoms. The third-order valence-electron chi connectivity index (χ3n) is 2.85. The lowest BCUT2D eigenvalue weighted by molar-refractivity contribution is 1.02. The van der Waals surface area contributed by atoms with Crippen LogP contribution < -0.4 is 5.32 Å². The van der Waals surface area contributed by atoms with Crippen molar-refractivity contribution in [3.63, 3.8) is 0 Å². The fourth-order valence-corrected chi connectivity index (χ4v) is 2.53. The molecule has 0 atom stereocenters. The number of hydrogen-bond donors (Lipinski definition) is 1. The van der Waals surface area contributed by atoms with Gasteiger partial charge in [-0.15, -0.1) is 11.3 Å². The quantitative estimate of drug-likeness (QED) is 0.903. The van der Waals surface area contributed by atoms with E-state index in [9.17, 15) is 0 Å². The van der Waals surface area contributed by atoms with E-state index in [-0.39, 0.29) is 0 Å². The molecule has 0 saturated heterocycles. The van der Waals surface area contributed by atoms with E-state index < -0.39 is 0 Å². The van der Waals surface area contributed by atoms with E-state index in [1.807, 2.05) is 25.2 Å². The van der Waals surface area contributed by atoms with Gasteiger partial charge in [-0.2, -0.15) is 0 Å². The van der Waals surface area contributed by atoms with Gasteiger partial charge in [0.2, 0.25) is 0 Å². The first-order chi connectivity index (χ1) is 8.06. The summed E-state index contributed by atoms with van der Waals surface area (Å²) in [5.41, 5.74) is 3.32. The molecule has 0 fully saturated rings. The molecule has 4 heteroatoms. The molecule has 0 aromatic carbocycles. The fourth-order valence-electron chi connectivity index (χ4n) is 1.54. The summed E-state index contributed by atoms with van der Waals surface area (Å²) in [6, 6.07) is 2.22. The number of thiophene rings is 1. The summed E-state index contributed by atoms with van der Waals surface area (Å²) < 4.78 is 0. The molecule has 0 unspecified atom stereocenters. The Hall–Kier alpha value is -1.42. The Bertz CT molecular complexity index is 512. The minimum atomic E-state index is 0.816. The van der Waals surface area contributed by atoms with Gasteiger partial charge in [-0.25, -0.2) is 4.98 Å². The zero-order valence-corrected chi connectivity index (χ0v) is 11.5. The molecule has 1 N–H and O–H groups in total. The van der Waals surface area contributed by atoms with Crippen LogP contribution in [0.5, 0.6) is 0 Å². The third kappa shape index (κ3) is 2.82. The summed E-state index contributed by atoms with van der Waals surface area (Å²) in [4.78, 5) is 11.5. The summed E-state index contributed by atoms with van der Waals surface area (Å²) in [5.74, 6) is 0.844. The molecule has 2 aromatic rings. The first-order valence-electron chi connectivity index (χ1n) is 5.66. The van der Waals surface area contributed by atoms with Crippen molar-refractivity contribution in [3.05, 3.63) is 39.0 Å². The topological polar surface area (TPSA) is 37.8 Å². The van der Waals surface area contributed by atoms with Crippen LogP contribution in [0.2, 0.25) is 0 Å². The van der Waals surface area contributed by atoms with E-state index in [1.165, 1.54) is 15.3 Å². The second-order valence-electron chi connectivity index (χ2n) is 4.23. The maximum absolute atomic E-state index is 4.45. The second kappa shape index (κ2) is 4.84. The first kappa shape index (κ1) is 12.0. The maximum atomic E-state index is 4.45. The van der Waals surface area contributed by atoms with Gasteiger partial charge >= 0.3 is 0 Å². The van der Waals surface area contributed by atoms with E-state index >= 15 is 0 Å². The number of rotatable bonds is 3. The minimum Gasteiger partial charge on any atom is -0.364 e. The van der Waals surface area contributed by atoms with Gasteiger partial charge in [0.25, 0.3) is 0 Å². The van der Waals surface area contributed by atoms with Gasteiger partial charge in [-0.3, -0.25) is 4.98 Å². The van der Waals surface area contributed by atoms with Crippen molar-refractivity contribution in [1.29, 1.82) is 0 Å². The second-order valence-corrected chi connectivity index (χ2v) is 5.57. The van der Waals surface area contributed by atoms with E-state index in [2.05, 4.69) is 35.2 Å². The van der Waals surface area contributed by atoms with Gasteiger partial charge in [0.05, 0.1) is 24.1 Å². The average molecular weight is 247 g/mol. The summed E-state index contributed by atoms with van der Waals surface area (Å²) in [6.07, 6.45) is 1.79. The highest BCUT2D eigenvalue weighted by Gasteiger charge is 2.03. The van der Waals surface area contributed by atoms with Gasteiger partial charge in [-0.05, 0) is 39.3 Å². The molecule has 2 rings (SSSR count). The maximum Gasteiger partial charge on any atom is 0.145 e. The Morgan fingerprint density at radius 3 is 2.53 bits per heavy atom. The molecule has 90 valence electrons. The van der Waals surface area contributed by atoms with Crippen LogP contribution in [-0.4, -0.2) is 9.97 Å². The van der Waals surface area contributed by atoms with Crippen molar-refractivity contribution in [2.45, 2.75) is 34.2 Å². The number of anilines is 1. The fraction of sp³-hybridized carbons (Fsp3) is 0.385. The van der Waals surface area contributed by atoms with Crippen LogP contribution in [-0.2, 0) is 6.54 Å². The molecular weight excluding hydrogens is 230 g/mol. The van der Waals surface area contributed by atoms with Crippen LogP contribution >= 0.6 is 11.3 Å². The van der Waals surface area contributed by atoms with E-state index in [0.717, 1.165) is 23.8 Å². The molecule has 0 bridgehead atoms. The van der Waals surface area contributed by atoms with E-state index in [0.29, 0.717) is 0 Å². The summed E-state index contributed by atoms with van der Waals surface area (Å²) in [6.45, 7) is 9.06. The lowest BCUT2D eigenvalue weighted by atomic mass is 10.3. The monoisotopic (exact) mass is 247 g/mol.